The summed E-state index contributed by atoms with van der Waals surface area (Å²) in [5, 5.41) is 11.9. The van der Waals surface area contributed by atoms with Crippen molar-refractivity contribution in [1.29, 1.82) is 5.26 Å². The molecule has 1 heterocycles. The lowest BCUT2D eigenvalue weighted by atomic mass is 10.1. The number of nitrogens with one attached hydrogen (secondary N) is 1. The van der Waals surface area contributed by atoms with Gasteiger partial charge in [0, 0.05) is 18.4 Å². The molecule has 0 aliphatic carbocycles. The van der Waals surface area contributed by atoms with Gasteiger partial charge in [-0.15, -0.1) is 0 Å². The van der Waals surface area contributed by atoms with Crippen LogP contribution in [0.5, 0.6) is 0 Å². The van der Waals surface area contributed by atoms with Crippen LogP contribution >= 0.6 is 0 Å². The van der Waals surface area contributed by atoms with Gasteiger partial charge in [0.2, 0.25) is 0 Å². The molecule has 1 atom stereocenters. The number of rotatable bonds is 5. The lowest BCUT2D eigenvalue weighted by molar-refractivity contribution is 0.536. The molecule has 1 aromatic rings. The maximum Gasteiger partial charge on any atom is 0.109 e. The fourth-order valence-electron chi connectivity index (χ4n) is 1.59. The molecule has 1 aromatic heterocycles. The number of nitrogens with zero attached hydrogens (tertiary/aromatic N) is 2. The topological polar surface area (TPSA) is 40.8 Å². The van der Waals surface area contributed by atoms with Crippen molar-refractivity contribution in [3.63, 3.8) is 0 Å². The molecule has 3 heteroatoms. The quantitative estimate of drug-likeness (QED) is 0.774. The van der Waals surface area contributed by atoms with E-state index in [2.05, 4.69) is 31.3 Å². The summed E-state index contributed by atoms with van der Waals surface area (Å²) in [6, 6.07) is 4.62. The van der Waals surface area contributed by atoms with E-state index in [4.69, 9.17) is 5.26 Å². The minimum atomic E-state index is 0.417. The first-order valence-electron chi connectivity index (χ1n) is 5.07. The Morgan fingerprint density at radius 1 is 1.57 bits per heavy atom. The van der Waals surface area contributed by atoms with Gasteiger partial charge in [0.15, 0.2) is 0 Å². The summed E-state index contributed by atoms with van der Waals surface area (Å²) in [6.45, 7) is 5.67. The van der Waals surface area contributed by atoms with E-state index in [9.17, 15) is 0 Å². The molecule has 0 saturated heterocycles. The number of hydrogen-bond donors (Lipinski definition) is 1. The Balaban J connectivity index is 2.69. The highest BCUT2D eigenvalue weighted by Crippen LogP contribution is 2.16. The van der Waals surface area contributed by atoms with Gasteiger partial charge >= 0.3 is 0 Å². The molecular weight excluding hydrogens is 174 g/mol. The van der Waals surface area contributed by atoms with E-state index < -0.39 is 0 Å². The first-order chi connectivity index (χ1) is 6.81. The van der Waals surface area contributed by atoms with Gasteiger partial charge in [-0.2, -0.15) is 5.26 Å². The van der Waals surface area contributed by atoms with Crippen molar-refractivity contribution in [2.45, 2.75) is 32.9 Å². The molecule has 0 aliphatic rings. The molecule has 0 radical (unpaired) electrons. The first-order valence-corrected chi connectivity index (χ1v) is 5.07. The SMILES string of the molecule is CCNC(CC)c1ccn(CC#N)c1. The van der Waals surface area contributed by atoms with Gasteiger partial charge in [-0.3, -0.25) is 0 Å². The lowest BCUT2D eigenvalue weighted by Gasteiger charge is -2.13. The third kappa shape index (κ3) is 2.61. The van der Waals surface area contributed by atoms with Crippen LogP contribution in [0.1, 0.15) is 31.9 Å². The van der Waals surface area contributed by atoms with E-state index in [-0.39, 0.29) is 0 Å². The van der Waals surface area contributed by atoms with Crippen molar-refractivity contribution in [2.75, 3.05) is 6.54 Å². The van der Waals surface area contributed by atoms with Crippen LogP contribution in [-0.4, -0.2) is 11.1 Å². The second-order valence-corrected chi connectivity index (χ2v) is 3.29. The Kier molecular flexibility index (Phi) is 4.21. The van der Waals surface area contributed by atoms with Crippen LogP contribution in [0.2, 0.25) is 0 Å². The zero-order chi connectivity index (χ0) is 10.4. The van der Waals surface area contributed by atoms with Crippen molar-refractivity contribution in [3.8, 4) is 6.07 Å². The minimum Gasteiger partial charge on any atom is -0.340 e. The van der Waals surface area contributed by atoms with Crippen LogP contribution in [0.15, 0.2) is 18.5 Å². The largest absolute Gasteiger partial charge is 0.340 e. The van der Waals surface area contributed by atoms with Gasteiger partial charge in [0.05, 0.1) is 6.07 Å². The zero-order valence-electron chi connectivity index (χ0n) is 8.83. The Morgan fingerprint density at radius 3 is 2.93 bits per heavy atom. The summed E-state index contributed by atoms with van der Waals surface area (Å²) in [4.78, 5) is 0. The predicted octanol–water partition coefficient (Wildman–Crippen LogP) is 2.07. The zero-order valence-corrected chi connectivity index (χ0v) is 8.83. The van der Waals surface area contributed by atoms with Gasteiger partial charge in [0.25, 0.3) is 0 Å². The summed E-state index contributed by atoms with van der Waals surface area (Å²) in [6.07, 6.45) is 5.07. The Morgan fingerprint density at radius 2 is 2.36 bits per heavy atom. The van der Waals surface area contributed by atoms with E-state index in [1.165, 1.54) is 5.56 Å². The summed E-state index contributed by atoms with van der Waals surface area (Å²) in [5.41, 5.74) is 1.27. The minimum absolute atomic E-state index is 0.417. The molecule has 14 heavy (non-hydrogen) atoms. The van der Waals surface area contributed by atoms with E-state index in [1.807, 2.05) is 17.0 Å². The molecular formula is C11H17N3. The number of nitriles is 1. The van der Waals surface area contributed by atoms with Crippen LogP contribution in [0.4, 0.5) is 0 Å². The van der Waals surface area contributed by atoms with Crippen LogP contribution in [0.3, 0.4) is 0 Å². The van der Waals surface area contributed by atoms with Crippen LogP contribution in [-0.2, 0) is 6.54 Å². The number of aromatic nitrogens is 1. The van der Waals surface area contributed by atoms with E-state index >= 15 is 0 Å². The van der Waals surface area contributed by atoms with Gasteiger partial charge < -0.3 is 9.88 Å². The molecule has 0 bridgehead atoms. The van der Waals surface area contributed by atoms with Gasteiger partial charge in [-0.25, -0.2) is 0 Å². The Hall–Kier alpha value is -1.27. The van der Waals surface area contributed by atoms with Crippen LogP contribution < -0.4 is 5.32 Å². The Labute approximate surface area is 85.3 Å². The molecule has 3 nitrogen and oxygen atoms in total. The van der Waals surface area contributed by atoms with Crippen molar-refractivity contribution < 1.29 is 0 Å². The van der Waals surface area contributed by atoms with Gasteiger partial charge in [-0.05, 0) is 24.6 Å². The highest BCUT2D eigenvalue weighted by Gasteiger charge is 2.08. The second kappa shape index (κ2) is 5.46. The summed E-state index contributed by atoms with van der Waals surface area (Å²) < 4.78 is 1.91. The average Bonchev–Trinajstić information content (AvgIpc) is 2.63. The Bertz CT molecular complexity index is 309. The maximum absolute atomic E-state index is 8.54. The predicted molar refractivity (Wildman–Crippen MR) is 56.8 cm³/mol. The van der Waals surface area contributed by atoms with Gasteiger partial charge in [-0.1, -0.05) is 13.8 Å². The van der Waals surface area contributed by atoms with Crippen molar-refractivity contribution in [3.05, 3.63) is 24.0 Å². The van der Waals surface area contributed by atoms with Crippen molar-refractivity contribution >= 4 is 0 Å². The van der Waals surface area contributed by atoms with E-state index in [1.54, 1.807) is 0 Å². The van der Waals surface area contributed by atoms with Crippen molar-refractivity contribution in [1.82, 2.24) is 9.88 Å². The molecule has 0 aromatic carbocycles. The molecule has 1 N–H and O–H groups in total. The standard InChI is InChI=1S/C11H17N3/c1-3-11(13-4-2)10-5-7-14(9-10)8-6-12/h5,7,9,11,13H,3-4,8H2,1-2H3. The third-order valence-electron chi connectivity index (χ3n) is 2.29. The molecule has 0 amide bonds. The van der Waals surface area contributed by atoms with Crippen LogP contribution in [0.25, 0.3) is 0 Å². The first kappa shape index (κ1) is 10.8. The highest BCUT2D eigenvalue weighted by atomic mass is 15.0. The fourth-order valence-corrected chi connectivity index (χ4v) is 1.59. The third-order valence-corrected chi connectivity index (χ3v) is 2.29. The molecule has 1 rings (SSSR count). The van der Waals surface area contributed by atoms with E-state index in [0.717, 1.165) is 13.0 Å². The molecule has 0 aliphatic heterocycles. The molecule has 0 saturated carbocycles. The fraction of sp³-hybridized carbons (Fsp3) is 0.545. The molecule has 0 spiro atoms. The highest BCUT2D eigenvalue weighted by molar-refractivity contribution is 5.15. The molecule has 76 valence electrons. The smallest absolute Gasteiger partial charge is 0.109 e. The lowest BCUT2D eigenvalue weighted by Crippen LogP contribution is -2.19. The van der Waals surface area contributed by atoms with Crippen molar-refractivity contribution in [2.24, 2.45) is 0 Å². The normalized spacial score (nSPS) is 12.4. The van der Waals surface area contributed by atoms with Crippen LogP contribution in [0, 0.1) is 11.3 Å². The summed E-state index contributed by atoms with van der Waals surface area (Å²) in [5.74, 6) is 0. The second-order valence-electron chi connectivity index (χ2n) is 3.29. The monoisotopic (exact) mass is 191 g/mol. The van der Waals surface area contributed by atoms with Gasteiger partial charge in [0.1, 0.15) is 6.54 Å². The molecule has 1 unspecified atom stereocenters. The maximum atomic E-state index is 8.54. The summed E-state index contributed by atoms with van der Waals surface area (Å²) in [7, 11) is 0. The number of hydrogen-bond acceptors (Lipinski definition) is 2. The van der Waals surface area contributed by atoms with E-state index in [0.29, 0.717) is 12.6 Å². The summed E-state index contributed by atoms with van der Waals surface area (Å²) >= 11 is 0. The molecule has 0 fully saturated rings. The average molecular weight is 191 g/mol.